The summed E-state index contributed by atoms with van der Waals surface area (Å²) < 4.78 is 10.3. The lowest BCUT2D eigenvalue weighted by Gasteiger charge is -2.08. The Morgan fingerprint density at radius 2 is 0.806 bits per heavy atom. The van der Waals surface area contributed by atoms with Gasteiger partial charge in [-0.05, 0) is 98.5 Å². The van der Waals surface area contributed by atoms with Gasteiger partial charge in [0.25, 0.3) is 0 Å². The Bertz CT molecular complexity index is 1160. The van der Waals surface area contributed by atoms with E-state index in [-0.39, 0.29) is 0 Å². The van der Waals surface area contributed by atoms with Gasteiger partial charge in [-0.2, -0.15) is 0 Å². The summed E-state index contributed by atoms with van der Waals surface area (Å²) in [6.07, 6.45) is -0.961. The molecule has 4 aromatic rings. The first-order valence-electron chi connectivity index (χ1n) is 11.5. The summed E-state index contributed by atoms with van der Waals surface area (Å²) in [7, 11) is 0. The highest BCUT2D eigenvalue weighted by Crippen LogP contribution is 2.16. The smallest absolute Gasteiger partial charge is 0.410 e. The molecular formula is C30H30N2O4. The van der Waals surface area contributed by atoms with Crippen molar-refractivity contribution in [3.05, 3.63) is 119 Å². The lowest BCUT2D eigenvalue weighted by molar-refractivity contribution is 0.214. The van der Waals surface area contributed by atoms with Crippen LogP contribution in [0.5, 0.6) is 11.5 Å². The summed E-state index contributed by atoms with van der Waals surface area (Å²) in [5, 5.41) is 5.42. The third kappa shape index (κ3) is 8.99. The van der Waals surface area contributed by atoms with Crippen LogP contribution in [0.1, 0.15) is 22.3 Å². The maximum absolute atomic E-state index is 11.7. The lowest BCUT2D eigenvalue weighted by Crippen LogP contribution is -2.16. The molecule has 184 valence electrons. The number of anilines is 2. The number of ether oxygens (including phenoxy) is 2. The second-order valence-corrected chi connectivity index (χ2v) is 8.41. The van der Waals surface area contributed by atoms with Crippen LogP contribution in [0.25, 0.3) is 0 Å². The number of hydrogen-bond acceptors (Lipinski definition) is 4. The number of rotatable bonds is 4. The van der Waals surface area contributed by atoms with Crippen LogP contribution in [0.2, 0.25) is 0 Å². The van der Waals surface area contributed by atoms with Crippen LogP contribution in [0.15, 0.2) is 97.1 Å². The largest absolute Gasteiger partial charge is 0.417 e. The molecule has 6 nitrogen and oxygen atoms in total. The van der Waals surface area contributed by atoms with Crippen molar-refractivity contribution in [2.45, 2.75) is 27.7 Å². The number of nitrogens with one attached hydrogen (secondary N) is 2. The molecule has 6 heteroatoms. The molecule has 0 aromatic heterocycles. The lowest BCUT2D eigenvalue weighted by atomic mass is 10.1. The fourth-order valence-electron chi connectivity index (χ4n) is 3.57. The molecule has 0 heterocycles. The average molecular weight is 483 g/mol. The van der Waals surface area contributed by atoms with Crippen molar-refractivity contribution in [3.8, 4) is 11.5 Å². The average Bonchev–Trinajstić information content (AvgIpc) is 2.79. The first-order chi connectivity index (χ1) is 17.3. The van der Waals surface area contributed by atoms with E-state index in [1.54, 1.807) is 24.3 Å². The quantitative estimate of drug-likeness (QED) is 0.311. The number of aryl methyl sites for hydroxylation is 4. The van der Waals surface area contributed by atoms with Crippen LogP contribution >= 0.6 is 0 Å². The molecule has 4 rings (SSSR count). The number of carbonyl (C=O) groups excluding carboxylic acids is 2. The molecule has 0 saturated heterocycles. The van der Waals surface area contributed by atoms with Crippen LogP contribution in [-0.2, 0) is 0 Å². The standard InChI is InChI=1S/2C15H15NO2/c2*1-11-8-12(2)10-13(9-11)16-15(17)18-14-6-4-3-5-7-14/h2*3-10H,1-2H3,(H,16,17). The Balaban J connectivity index is 0.000000201. The SMILES string of the molecule is Cc1cc(C)cc(NC(=O)Oc2ccccc2)c1.Cc1cc(C)cc(NC(=O)Oc2ccccc2)c1. The Morgan fingerprint density at radius 1 is 0.500 bits per heavy atom. The van der Waals surface area contributed by atoms with Crippen molar-refractivity contribution in [2.75, 3.05) is 10.6 Å². The van der Waals surface area contributed by atoms with Gasteiger partial charge in [0.2, 0.25) is 0 Å². The van der Waals surface area contributed by atoms with E-state index in [0.29, 0.717) is 11.5 Å². The van der Waals surface area contributed by atoms with E-state index in [4.69, 9.17) is 9.47 Å². The molecule has 2 N–H and O–H groups in total. The topological polar surface area (TPSA) is 76.7 Å². The molecule has 0 radical (unpaired) electrons. The number of hydrogen-bond donors (Lipinski definition) is 2. The molecule has 36 heavy (non-hydrogen) atoms. The van der Waals surface area contributed by atoms with E-state index in [2.05, 4.69) is 10.6 Å². The highest BCUT2D eigenvalue weighted by atomic mass is 16.6. The van der Waals surface area contributed by atoms with Crippen molar-refractivity contribution in [1.82, 2.24) is 0 Å². The summed E-state index contributed by atoms with van der Waals surface area (Å²) in [6.45, 7) is 7.95. The highest BCUT2D eigenvalue weighted by molar-refractivity contribution is 5.87. The highest BCUT2D eigenvalue weighted by Gasteiger charge is 2.06. The molecule has 4 aromatic carbocycles. The van der Waals surface area contributed by atoms with Gasteiger partial charge in [0, 0.05) is 11.4 Å². The van der Waals surface area contributed by atoms with Crippen LogP contribution in [-0.4, -0.2) is 12.2 Å². The third-order valence-electron chi connectivity index (χ3n) is 4.84. The Kier molecular flexibility index (Phi) is 9.23. The van der Waals surface area contributed by atoms with Crippen molar-refractivity contribution in [3.63, 3.8) is 0 Å². The van der Waals surface area contributed by atoms with Crippen LogP contribution < -0.4 is 20.1 Å². The fourth-order valence-corrected chi connectivity index (χ4v) is 3.57. The van der Waals surface area contributed by atoms with E-state index in [1.165, 1.54) is 0 Å². The van der Waals surface area contributed by atoms with Crippen LogP contribution in [0, 0.1) is 27.7 Å². The minimum absolute atomic E-state index is 0.480. The molecule has 0 aliphatic heterocycles. The van der Waals surface area contributed by atoms with Crippen molar-refractivity contribution >= 4 is 23.6 Å². The van der Waals surface area contributed by atoms with E-state index in [9.17, 15) is 9.59 Å². The van der Waals surface area contributed by atoms with Gasteiger partial charge in [-0.3, -0.25) is 10.6 Å². The first kappa shape index (κ1) is 26.0. The van der Waals surface area contributed by atoms with Gasteiger partial charge in [0.1, 0.15) is 11.5 Å². The zero-order valence-electron chi connectivity index (χ0n) is 20.9. The van der Waals surface area contributed by atoms with Crippen molar-refractivity contribution < 1.29 is 19.1 Å². The second-order valence-electron chi connectivity index (χ2n) is 8.41. The number of carbonyl (C=O) groups is 2. The summed E-state index contributed by atoms with van der Waals surface area (Å²) in [4.78, 5) is 23.3. The molecule has 0 fully saturated rings. The summed E-state index contributed by atoms with van der Waals surface area (Å²) >= 11 is 0. The molecule has 2 amide bonds. The van der Waals surface area contributed by atoms with Gasteiger partial charge in [0.05, 0.1) is 0 Å². The van der Waals surface area contributed by atoms with E-state index >= 15 is 0 Å². The van der Waals surface area contributed by atoms with Crippen LogP contribution in [0.3, 0.4) is 0 Å². The fraction of sp³-hybridized carbons (Fsp3) is 0.133. The summed E-state index contributed by atoms with van der Waals surface area (Å²) in [6, 6.07) is 29.7. The normalized spacial score (nSPS) is 9.89. The van der Waals surface area contributed by atoms with Gasteiger partial charge >= 0.3 is 12.2 Å². The predicted molar refractivity (Wildman–Crippen MR) is 144 cm³/mol. The summed E-state index contributed by atoms with van der Waals surface area (Å²) in [5.74, 6) is 1.05. The van der Waals surface area contributed by atoms with E-state index in [0.717, 1.165) is 33.6 Å². The first-order valence-corrected chi connectivity index (χ1v) is 11.5. The minimum atomic E-state index is -0.480. The van der Waals surface area contributed by atoms with Gasteiger partial charge < -0.3 is 9.47 Å². The van der Waals surface area contributed by atoms with Gasteiger partial charge in [0.15, 0.2) is 0 Å². The van der Waals surface area contributed by atoms with Crippen LogP contribution in [0.4, 0.5) is 21.0 Å². The Labute approximate surface area is 211 Å². The van der Waals surface area contributed by atoms with E-state index in [1.807, 2.05) is 100 Å². The molecule has 0 spiro atoms. The molecule has 0 unspecified atom stereocenters. The summed E-state index contributed by atoms with van der Waals surface area (Å²) in [5.41, 5.74) is 5.90. The predicted octanol–water partition coefficient (Wildman–Crippen LogP) is 7.83. The molecule has 0 saturated carbocycles. The number of amides is 2. The zero-order valence-corrected chi connectivity index (χ0v) is 20.9. The second kappa shape index (κ2) is 12.8. The van der Waals surface area contributed by atoms with Gasteiger partial charge in [-0.15, -0.1) is 0 Å². The number of benzene rings is 4. The van der Waals surface area contributed by atoms with Gasteiger partial charge in [-0.25, -0.2) is 9.59 Å². The van der Waals surface area contributed by atoms with Crippen molar-refractivity contribution in [2.24, 2.45) is 0 Å². The monoisotopic (exact) mass is 482 g/mol. The molecular weight excluding hydrogens is 452 g/mol. The van der Waals surface area contributed by atoms with Gasteiger partial charge in [-0.1, -0.05) is 48.5 Å². The third-order valence-corrected chi connectivity index (χ3v) is 4.84. The molecule has 0 aliphatic carbocycles. The maximum Gasteiger partial charge on any atom is 0.417 e. The Morgan fingerprint density at radius 3 is 1.11 bits per heavy atom. The molecule has 0 aliphatic rings. The minimum Gasteiger partial charge on any atom is -0.410 e. The molecule has 0 bridgehead atoms. The van der Waals surface area contributed by atoms with E-state index < -0.39 is 12.2 Å². The van der Waals surface area contributed by atoms with Crippen molar-refractivity contribution in [1.29, 1.82) is 0 Å². The Hall–Kier alpha value is -4.58. The zero-order chi connectivity index (χ0) is 25.9. The molecule has 0 atom stereocenters. The maximum atomic E-state index is 11.7. The number of para-hydroxylation sites is 2.